The Bertz CT molecular complexity index is 1060. The second kappa shape index (κ2) is 18.1. The maximum atomic E-state index is 13.4. The molecule has 0 amide bonds. The number of hydrogen-bond acceptors (Lipinski definition) is 5. The van der Waals surface area contributed by atoms with Gasteiger partial charge < -0.3 is 14.2 Å². The molecular weight excluding hydrogens is 563 g/mol. The van der Waals surface area contributed by atoms with Gasteiger partial charge in [-0.15, -0.1) is 0 Å². The highest BCUT2D eigenvalue weighted by Crippen LogP contribution is 2.50. The normalized spacial score (nSPS) is 20.5. The van der Waals surface area contributed by atoms with Crippen molar-refractivity contribution in [3.63, 3.8) is 0 Å². The molecule has 0 aromatic heterocycles. The first-order chi connectivity index (χ1) is 20.6. The van der Waals surface area contributed by atoms with Crippen molar-refractivity contribution in [1.82, 2.24) is 4.67 Å². The Morgan fingerprint density at radius 3 is 1.95 bits per heavy atom. The molecule has 0 aliphatic carbocycles. The van der Waals surface area contributed by atoms with Gasteiger partial charge in [0.25, 0.3) is 0 Å². The molecule has 0 saturated carbocycles. The summed E-state index contributed by atoms with van der Waals surface area (Å²) in [6.45, 7) is 26.2. The number of nitrogens with zero attached hydrogens (tertiary/aromatic N) is 2. The van der Waals surface area contributed by atoms with Gasteiger partial charge in [-0.3, -0.25) is 4.67 Å². The number of nitriles is 1. The number of benzene rings is 1. The van der Waals surface area contributed by atoms with Gasteiger partial charge in [-0.1, -0.05) is 72.6 Å². The molecule has 5 nitrogen and oxygen atoms in total. The van der Waals surface area contributed by atoms with E-state index in [4.69, 9.17) is 9.26 Å². The van der Waals surface area contributed by atoms with Crippen LogP contribution >= 0.6 is 8.53 Å². The lowest BCUT2D eigenvalue weighted by Gasteiger charge is -2.45. The molecule has 0 radical (unpaired) electrons. The van der Waals surface area contributed by atoms with Crippen molar-refractivity contribution in [3.8, 4) is 17.6 Å². The highest BCUT2D eigenvalue weighted by molar-refractivity contribution is 7.42. The smallest absolute Gasteiger partial charge is 0.130 e. The highest BCUT2D eigenvalue weighted by atomic mass is 31.2. The molecule has 1 heterocycles. The van der Waals surface area contributed by atoms with Crippen molar-refractivity contribution >= 4 is 8.53 Å². The zero-order valence-electron chi connectivity index (χ0n) is 30.5. The summed E-state index contributed by atoms with van der Waals surface area (Å²) in [6, 6.07) is 2.61. The SMILES string of the molecule is Cc1c(C)c2c(c(C)c1OP([O-])N(C(C)C)C(C)C)CC(CCC#N)[C@@](C)(CCC[C@H](C)CCC[C@H](C)CCCC(C)C)O2. The van der Waals surface area contributed by atoms with Crippen molar-refractivity contribution in [1.29, 1.82) is 5.26 Å². The minimum Gasteiger partial charge on any atom is -0.786 e. The lowest BCUT2D eigenvalue weighted by atomic mass is 9.74. The molecule has 252 valence electrons. The Kier molecular flexibility index (Phi) is 16.0. The van der Waals surface area contributed by atoms with Crippen LogP contribution in [0.15, 0.2) is 0 Å². The number of fused-ring (bicyclic) bond motifs is 1. The summed E-state index contributed by atoms with van der Waals surface area (Å²) in [6.07, 6.45) is 13.6. The van der Waals surface area contributed by atoms with Gasteiger partial charge in [0.05, 0.1) is 14.6 Å². The van der Waals surface area contributed by atoms with Gasteiger partial charge in [-0.2, -0.15) is 5.26 Å². The third kappa shape index (κ3) is 10.9. The van der Waals surface area contributed by atoms with Crippen LogP contribution in [0.25, 0.3) is 0 Å². The van der Waals surface area contributed by atoms with E-state index in [0.29, 0.717) is 6.42 Å². The Morgan fingerprint density at radius 1 is 0.886 bits per heavy atom. The molecule has 1 aromatic rings. The van der Waals surface area contributed by atoms with Crippen LogP contribution in [0.4, 0.5) is 0 Å². The van der Waals surface area contributed by atoms with Gasteiger partial charge in [0.15, 0.2) is 0 Å². The lowest BCUT2D eigenvalue weighted by molar-refractivity contribution is -0.188. The van der Waals surface area contributed by atoms with E-state index in [2.05, 4.69) is 89.2 Å². The van der Waals surface area contributed by atoms with E-state index in [0.717, 1.165) is 77.2 Å². The van der Waals surface area contributed by atoms with E-state index < -0.39 is 8.53 Å². The minimum absolute atomic E-state index is 0.114. The third-order valence-corrected chi connectivity index (χ3v) is 11.9. The molecule has 2 rings (SSSR count). The van der Waals surface area contributed by atoms with Crippen molar-refractivity contribution in [2.45, 2.75) is 178 Å². The zero-order chi connectivity index (χ0) is 33.2. The first-order valence-corrected chi connectivity index (χ1v) is 18.9. The Balaban J connectivity index is 2.13. The molecule has 2 unspecified atom stereocenters. The summed E-state index contributed by atoms with van der Waals surface area (Å²) in [7, 11) is -2.03. The van der Waals surface area contributed by atoms with E-state index in [1.165, 1.54) is 44.9 Å². The summed E-state index contributed by atoms with van der Waals surface area (Å²) >= 11 is 0. The molecule has 1 aliphatic heterocycles. The Labute approximate surface area is 273 Å². The van der Waals surface area contributed by atoms with E-state index in [1.54, 1.807) is 0 Å². The molecule has 5 atom stereocenters. The summed E-state index contributed by atoms with van der Waals surface area (Å²) < 4.78 is 15.2. The fourth-order valence-electron chi connectivity index (χ4n) is 7.23. The topological polar surface area (TPSA) is 68.5 Å². The molecule has 1 aliphatic rings. The molecule has 0 saturated heterocycles. The molecule has 0 N–H and O–H groups in total. The van der Waals surface area contributed by atoms with Crippen LogP contribution < -0.4 is 14.2 Å². The predicted molar refractivity (Wildman–Crippen MR) is 186 cm³/mol. The number of ether oxygens (including phenoxy) is 1. The maximum Gasteiger partial charge on any atom is 0.130 e. The van der Waals surface area contributed by atoms with E-state index in [-0.39, 0.29) is 23.6 Å². The van der Waals surface area contributed by atoms with Crippen LogP contribution in [0.5, 0.6) is 11.5 Å². The van der Waals surface area contributed by atoms with Crippen LogP contribution in [0, 0.1) is 55.8 Å². The monoisotopic (exact) mass is 629 g/mol. The minimum atomic E-state index is -2.03. The average molecular weight is 630 g/mol. The summed E-state index contributed by atoms with van der Waals surface area (Å²) in [5.74, 6) is 4.32. The van der Waals surface area contributed by atoms with Crippen LogP contribution in [-0.4, -0.2) is 22.4 Å². The molecule has 44 heavy (non-hydrogen) atoms. The first-order valence-electron chi connectivity index (χ1n) is 17.7. The standard InChI is InChI=1S/C38H66N2O3P/c1-26(2)17-13-18-29(7)19-14-20-30(8)21-15-23-38(12)34(22-16-24-39)25-35-33(11)36(31(9)32(10)37(35)42-38)43-44(41)40(27(3)4)28(5)6/h26-30,34H,13-23,25H2,1-12H3/q-1/t29-,30-,34?,38-,44?/m1/s1. The van der Waals surface area contributed by atoms with Crippen LogP contribution in [-0.2, 0) is 6.42 Å². The van der Waals surface area contributed by atoms with E-state index in [9.17, 15) is 10.2 Å². The van der Waals surface area contributed by atoms with Gasteiger partial charge in [-0.05, 0) is 116 Å². The summed E-state index contributed by atoms with van der Waals surface area (Å²) in [5, 5.41) is 9.48. The van der Waals surface area contributed by atoms with Crippen molar-refractivity contribution in [2.75, 3.05) is 0 Å². The third-order valence-electron chi connectivity index (χ3n) is 10.2. The second-order valence-electron chi connectivity index (χ2n) is 15.3. The average Bonchev–Trinajstić information content (AvgIpc) is 2.92. The highest BCUT2D eigenvalue weighted by Gasteiger charge is 2.42. The molecule has 0 bridgehead atoms. The fraction of sp³-hybridized carbons (Fsp3) is 0.816. The fourth-order valence-corrected chi connectivity index (χ4v) is 8.51. The van der Waals surface area contributed by atoms with Crippen molar-refractivity contribution in [2.24, 2.45) is 23.7 Å². The molecule has 0 spiro atoms. The quantitative estimate of drug-likeness (QED) is 0.142. The zero-order valence-corrected chi connectivity index (χ0v) is 31.4. The van der Waals surface area contributed by atoms with E-state index >= 15 is 0 Å². The first kappa shape index (κ1) is 38.8. The molecule has 1 aromatic carbocycles. The number of rotatable bonds is 19. The second-order valence-corrected chi connectivity index (χ2v) is 16.4. The van der Waals surface area contributed by atoms with E-state index in [1.807, 2.05) is 4.67 Å². The molecule has 6 heteroatoms. The Morgan fingerprint density at radius 2 is 1.43 bits per heavy atom. The van der Waals surface area contributed by atoms with Gasteiger partial charge in [0, 0.05) is 30.0 Å². The van der Waals surface area contributed by atoms with Gasteiger partial charge in [0.2, 0.25) is 0 Å². The van der Waals surface area contributed by atoms with Crippen molar-refractivity contribution < 1.29 is 14.2 Å². The predicted octanol–water partition coefficient (Wildman–Crippen LogP) is 10.7. The van der Waals surface area contributed by atoms with Gasteiger partial charge in [0.1, 0.15) is 17.1 Å². The maximum absolute atomic E-state index is 13.4. The van der Waals surface area contributed by atoms with Crippen LogP contribution in [0.3, 0.4) is 0 Å². The van der Waals surface area contributed by atoms with Crippen LogP contribution in [0.1, 0.15) is 155 Å². The molecule has 0 fully saturated rings. The lowest BCUT2D eigenvalue weighted by Crippen LogP contribution is -2.45. The largest absolute Gasteiger partial charge is 0.786 e. The molecular formula is C38H66N2O3P-. The summed E-state index contributed by atoms with van der Waals surface area (Å²) in [4.78, 5) is 13.4. The summed E-state index contributed by atoms with van der Waals surface area (Å²) in [5.41, 5.74) is 3.95. The van der Waals surface area contributed by atoms with Crippen LogP contribution in [0.2, 0.25) is 0 Å². The van der Waals surface area contributed by atoms with Gasteiger partial charge in [-0.25, -0.2) is 0 Å². The Hall–Kier alpha value is -1.34. The number of hydrogen-bond donors (Lipinski definition) is 0. The van der Waals surface area contributed by atoms with Gasteiger partial charge >= 0.3 is 0 Å². The van der Waals surface area contributed by atoms with Crippen molar-refractivity contribution in [3.05, 3.63) is 22.3 Å².